The number of amides is 1. The van der Waals surface area contributed by atoms with Gasteiger partial charge in [0, 0.05) is 19.0 Å². The van der Waals surface area contributed by atoms with Crippen LogP contribution in [0.4, 0.5) is 13.2 Å². The Kier molecular flexibility index (Phi) is 7.24. The predicted molar refractivity (Wildman–Crippen MR) is 79.9 cm³/mol. The molecule has 0 aliphatic carbocycles. The van der Waals surface area contributed by atoms with Gasteiger partial charge in [0.15, 0.2) is 0 Å². The largest absolute Gasteiger partial charge is 0.511 e. The Bertz CT molecular complexity index is 683. The van der Waals surface area contributed by atoms with E-state index < -0.39 is 22.1 Å². The molecule has 7 nitrogen and oxygen atoms in total. The zero-order chi connectivity index (χ0) is 18.4. The molecule has 2 N–H and O–H groups in total. The molecule has 1 aromatic heterocycles. The molecule has 0 aliphatic heterocycles. The zero-order valence-electron chi connectivity index (χ0n) is 12.5. The van der Waals surface area contributed by atoms with Crippen LogP contribution in [0.15, 0.2) is 12.1 Å². The second kappa shape index (κ2) is 8.49. The average Bonchev–Trinajstić information content (AvgIpc) is 2.50. The van der Waals surface area contributed by atoms with Crippen molar-refractivity contribution >= 4 is 27.5 Å². The van der Waals surface area contributed by atoms with E-state index in [4.69, 9.17) is 16.3 Å². The first-order valence-electron chi connectivity index (χ1n) is 6.67. The van der Waals surface area contributed by atoms with Crippen molar-refractivity contribution in [3.63, 3.8) is 0 Å². The number of halogens is 4. The Balaban J connectivity index is 2.56. The standard InChI is InChI=1S/C12H15ClF3N3O4S/c1-2-10(20)17-7-9-8(13)3-4-11(19-9)23-6-5-18-24(21,22)12(14,15)16/h3-4,18H,2,5-7H2,1H3,(H,17,20). The number of rotatable bonds is 8. The van der Waals surface area contributed by atoms with Crippen LogP contribution in [0, 0.1) is 0 Å². The molecule has 1 amide bonds. The van der Waals surface area contributed by atoms with Gasteiger partial charge in [0.05, 0.1) is 17.3 Å². The molecule has 24 heavy (non-hydrogen) atoms. The highest BCUT2D eigenvalue weighted by molar-refractivity contribution is 7.90. The fourth-order valence-corrected chi connectivity index (χ4v) is 2.08. The van der Waals surface area contributed by atoms with E-state index in [2.05, 4.69) is 10.3 Å². The fraction of sp³-hybridized carbons (Fsp3) is 0.500. The number of carbonyl (C=O) groups excluding carboxylic acids is 1. The smallest absolute Gasteiger partial charge is 0.476 e. The highest BCUT2D eigenvalue weighted by Crippen LogP contribution is 2.21. The lowest BCUT2D eigenvalue weighted by molar-refractivity contribution is -0.120. The third-order valence-electron chi connectivity index (χ3n) is 2.62. The number of carbonyl (C=O) groups is 1. The van der Waals surface area contributed by atoms with Crippen LogP contribution in [0.25, 0.3) is 0 Å². The van der Waals surface area contributed by atoms with Crippen molar-refractivity contribution in [2.45, 2.75) is 25.4 Å². The van der Waals surface area contributed by atoms with Crippen LogP contribution in [0.2, 0.25) is 5.02 Å². The van der Waals surface area contributed by atoms with Crippen LogP contribution in [0.5, 0.6) is 5.88 Å². The predicted octanol–water partition coefficient (Wildman–Crippen LogP) is 1.58. The molecule has 0 fully saturated rings. The van der Waals surface area contributed by atoms with Gasteiger partial charge in [-0.1, -0.05) is 18.5 Å². The second-order valence-electron chi connectivity index (χ2n) is 4.40. The van der Waals surface area contributed by atoms with Crippen LogP contribution >= 0.6 is 11.6 Å². The van der Waals surface area contributed by atoms with Crippen molar-refractivity contribution in [2.24, 2.45) is 0 Å². The number of sulfonamides is 1. The minimum absolute atomic E-state index is 0.0337. The van der Waals surface area contributed by atoms with Crippen LogP contribution < -0.4 is 14.8 Å². The van der Waals surface area contributed by atoms with E-state index in [0.29, 0.717) is 5.69 Å². The highest BCUT2D eigenvalue weighted by atomic mass is 35.5. The van der Waals surface area contributed by atoms with Crippen LogP contribution in [0.1, 0.15) is 19.0 Å². The molecular formula is C12H15ClF3N3O4S. The molecule has 0 bridgehead atoms. The van der Waals surface area contributed by atoms with Crippen molar-refractivity contribution in [1.82, 2.24) is 15.0 Å². The number of aromatic nitrogens is 1. The maximum Gasteiger partial charge on any atom is 0.511 e. The maximum atomic E-state index is 12.1. The van der Waals surface area contributed by atoms with Crippen LogP contribution in [-0.2, 0) is 21.4 Å². The summed E-state index contributed by atoms with van der Waals surface area (Å²) >= 11 is 5.91. The summed E-state index contributed by atoms with van der Waals surface area (Å²) in [6.07, 6.45) is 0.285. The quantitative estimate of drug-likeness (QED) is 0.658. The number of hydrogen-bond acceptors (Lipinski definition) is 5. The van der Waals surface area contributed by atoms with Crippen LogP contribution in [0.3, 0.4) is 0 Å². The molecule has 0 saturated carbocycles. The Hall–Kier alpha value is -1.59. The third kappa shape index (κ3) is 6.13. The van der Waals surface area contributed by atoms with Crippen molar-refractivity contribution < 1.29 is 31.1 Å². The SMILES string of the molecule is CCC(=O)NCc1nc(OCCNS(=O)(=O)C(F)(F)F)ccc1Cl. The van der Waals surface area contributed by atoms with E-state index in [1.165, 1.54) is 16.9 Å². The van der Waals surface area contributed by atoms with E-state index in [-0.39, 0.29) is 36.4 Å². The molecule has 1 aromatic rings. The Morgan fingerprint density at radius 2 is 2.04 bits per heavy atom. The summed E-state index contributed by atoms with van der Waals surface area (Å²) in [5.41, 5.74) is -5.07. The molecule has 12 heteroatoms. The van der Waals surface area contributed by atoms with E-state index in [1.807, 2.05) is 0 Å². The number of nitrogens with zero attached hydrogens (tertiary/aromatic N) is 1. The summed E-state index contributed by atoms with van der Waals surface area (Å²) in [4.78, 5) is 15.2. The van der Waals surface area contributed by atoms with Gasteiger partial charge in [-0.3, -0.25) is 4.79 Å². The number of alkyl halides is 3. The summed E-state index contributed by atoms with van der Waals surface area (Å²) in [5.74, 6) is -0.174. The summed E-state index contributed by atoms with van der Waals surface area (Å²) in [5, 5.41) is 2.84. The number of pyridine rings is 1. The molecular weight excluding hydrogens is 375 g/mol. The lowest BCUT2D eigenvalue weighted by Gasteiger charge is -2.11. The van der Waals surface area contributed by atoms with Gasteiger partial charge in [-0.25, -0.2) is 18.1 Å². The Labute approximate surface area is 141 Å². The monoisotopic (exact) mass is 389 g/mol. The number of ether oxygens (including phenoxy) is 1. The van der Waals surface area contributed by atoms with E-state index >= 15 is 0 Å². The molecule has 1 rings (SSSR count). The molecule has 1 heterocycles. The molecule has 0 saturated heterocycles. The second-order valence-corrected chi connectivity index (χ2v) is 6.57. The lowest BCUT2D eigenvalue weighted by Crippen LogP contribution is -2.38. The summed E-state index contributed by atoms with van der Waals surface area (Å²) < 4.78 is 64.3. The first kappa shape index (κ1) is 20.5. The maximum absolute atomic E-state index is 12.1. The Morgan fingerprint density at radius 3 is 2.62 bits per heavy atom. The van der Waals surface area contributed by atoms with Crippen LogP contribution in [-0.4, -0.2) is 38.0 Å². The van der Waals surface area contributed by atoms with Crippen molar-refractivity contribution in [2.75, 3.05) is 13.2 Å². The minimum Gasteiger partial charge on any atom is -0.476 e. The normalized spacial score (nSPS) is 12.0. The van der Waals surface area contributed by atoms with Gasteiger partial charge in [0.25, 0.3) is 0 Å². The third-order valence-corrected chi connectivity index (χ3v) is 4.15. The fourth-order valence-electron chi connectivity index (χ4n) is 1.39. The van der Waals surface area contributed by atoms with Gasteiger partial charge in [-0.05, 0) is 6.07 Å². The highest BCUT2D eigenvalue weighted by Gasteiger charge is 2.45. The molecule has 0 aliphatic rings. The van der Waals surface area contributed by atoms with Crippen molar-refractivity contribution in [3.05, 3.63) is 22.8 Å². The molecule has 0 atom stereocenters. The van der Waals surface area contributed by atoms with Gasteiger partial charge in [0.2, 0.25) is 11.8 Å². The van der Waals surface area contributed by atoms with E-state index in [1.54, 1.807) is 6.92 Å². The topological polar surface area (TPSA) is 97.4 Å². The van der Waals surface area contributed by atoms with Gasteiger partial charge in [-0.2, -0.15) is 13.2 Å². The summed E-state index contributed by atoms with van der Waals surface area (Å²) in [6.45, 7) is 0.772. The van der Waals surface area contributed by atoms with Crippen molar-refractivity contribution in [1.29, 1.82) is 0 Å². The number of hydrogen-bond donors (Lipinski definition) is 2. The van der Waals surface area contributed by atoms with Gasteiger partial charge in [-0.15, -0.1) is 0 Å². The summed E-state index contributed by atoms with van der Waals surface area (Å²) in [7, 11) is -5.41. The summed E-state index contributed by atoms with van der Waals surface area (Å²) in [6, 6.07) is 2.81. The Morgan fingerprint density at radius 1 is 1.38 bits per heavy atom. The van der Waals surface area contributed by atoms with Gasteiger partial charge in [0.1, 0.15) is 6.61 Å². The molecule has 0 aromatic carbocycles. The first-order valence-corrected chi connectivity index (χ1v) is 8.53. The van der Waals surface area contributed by atoms with Gasteiger partial charge >= 0.3 is 15.5 Å². The first-order chi connectivity index (χ1) is 11.1. The number of nitrogens with one attached hydrogen (secondary N) is 2. The molecule has 136 valence electrons. The van der Waals surface area contributed by atoms with E-state index in [0.717, 1.165) is 0 Å². The van der Waals surface area contributed by atoms with Crippen molar-refractivity contribution in [3.8, 4) is 5.88 Å². The lowest BCUT2D eigenvalue weighted by atomic mass is 10.3. The average molecular weight is 390 g/mol. The van der Waals surface area contributed by atoms with E-state index in [9.17, 15) is 26.4 Å². The molecule has 0 radical (unpaired) electrons. The minimum atomic E-state index is -5.41. The molecule has 0 unspecified atom stereocenters. The van der Waals surface area contributed by atoms with Gasteiger partial charge < -0.3 is 10.1 Å². The molecule has 0 spiro atoms. The zero-order valence-corrected chi connectivity index (χ0v) is 14.1.